The van der Waals surface area contributed by atoms with Crippen LogP contribution in [0.4, 0.5) is 22.0 Å². The molecule has 0 atom stereocenters. The van der Waals surface area contributed by atoms with E-state index >= 15 is 0 Å². The quantitative estimate of drug-likeness (QED) is 0.449. The largest absolute Gasteiger partial charge is 0.446 e. The Kier molecular flexibility index (Phi) is 5.61. The minimum absolute atomic E-state index is 0.130. The van der Waals surface area contributed by atoms with Crippen LogP contribution in [0.15, 0.2) is 23.1 Å². The number of carbonyl (C=O) groups excluding carboxylic acids is 1. The molecular formula is C11H8ClF5OS. The van der Waals surface area contributed by atoms with E-state index in [0.29, 0.717) is 0 Å². The Labute approximate surface area is 115 Å². The number of alkyl halides is 6. The van der Waals surface area contributed by atoms with Crippen LogP contribution in [0.1, 0.15) is 17.6 Å². The predicted octanol–water partition coefficient (Wildman–Crippen LogP) is 4.59. The third-order valence-corrected chi connectivity index (χ3v) is 3.14. The van der Waals surface area contributed by atoms with Gasteiger partial charge in [-0.05, 0) is 29.5 Å². The molecule has 0 N–H and O–H groups in total. The predicted molar refractivity (Wildman–Crippen MR) is 62.7 cm³/mol. The molecule has 1 aromatic rings. The van der Waals surface area contributed by atoms with Gasteiger partial charge >= 0.3 is 5.51 Å². The first kappa shape index (κ1) is 16.2. The maximum absolute atomic E-state index is 12.7. The minimum atomic E-state index is -4.51. The van der Waals surface area contributed by atoms with Crippen molar-refractivity contribution in [3.05, 3.63) is 29.3 Å². The van der Waals surface area contributed by atoms with Crippen LogP contribution >= 0.6 is 23.4 Å². The van der Waals surface area contributed by atoms with Gasteiger partial charge in [0.2, 0.25) is 0 Å². The monoisotopic (exact) mass is 318 g/mol. The molecule has 106 valence electrons. The molecule has 1 rings (SSSR count). The maximum Gasteiger partial charge on any atom is 0.446 e. The van der Waals surface area contributed by atoms with Gasteiger partial charge in [-0.1, -0.05) is 6.07 Å². The highest BCUT2D eigenvalue weighted by Gasteiger charge is 2.29. The molecule has 0 saturated heterocycles. The van der Waals surface area contributed by atoms with Crippen molar-refractivity contribution in [1.29, 1.82) is 0 Å². The fourth-order valence-electron chi connectivity index (χ4n) is 1.40. The second-order valence-corrected chi connectivity index (χ2v) is 4.96. The van der Waals surface area contributed by atoms with Crippen LogP contribution in [0.3, 0.4) is 0 Å². The molecule has 0 fully saturated rings. The molecule has 1 nitrogen and oxygen atoms in total. The summed E-state index contributed by atoms with van der Waals surface area (Å²) in [6.07, 6.45) is -3.27. The second-order valence-electron chi connectivity index (χ2n) is 3.56. The molecule has 1 aromatic carbocycles. The Morgan fingerprint density at radius 1 is 1.32 bits per heavy atom. The maximum atomic E-state index is 12.7. The molecule has 0 heterocycles. The standard InChI is InChI=1S/C11H8ClF5OS/c12-5-7(18)3-6-4-8(19-11(15,16)17)1-2-9(6)10(13)14/h1-2,4,10H,3,5H2. The molecule has 0 aliphatic heterocycles. The first-order chi connectivity index (χ1) is 8.73. The lowest BCUT2D eigenvalue weighted by Crippen LogP contribution is -2.07. The number of Topliss-reactive ketones (excluding diaryl/α,β-unsaturated/α-hetero) is 1. The summed E-state index contributed by atoms with van der Waals surface area (Å²) in [6, 6.07) is 2.80. The number of hydrogen-bond acceptors (Lipinski definition) is 2. The van der Waals surface area contributed by atoms with Crippen molar-refractivity contribution < 1.29 is 26.7 Å². The molecule has 0 aliphatic carbocycles. The lowest BCUT2D eigenvalue weighted by atomic mass is 10.0. The molecule has 19 heavy (non-hydrogen) atoms. The van der Waals surface area contributed by atoms with E-state index in [0.717, 1.165) is 18.2 Å². The van der Waals surface area contributed by atoms with Crippen molar-refractivity contribution in [3.8, 4) is 0 Å². The summed E-state index contributed by atoms with van der Waals surface area (Å²) in [4.78, 5) is 10.9. The SMILES string of the molecule is O=C(CCl)Cc1cc(SC(F)(F)F)ccc1C(F)F. The Bertz CT molecular complexity index is 461. The van der Waals surface area contributed by atoms with Gasteiger partial charge in [0.15, 0.2) is 5.78 Å². The Hall–Kier alpha value is -0.820. The van der Waals surface area contributed by atoms with E-state index in [-0.39, 0.29) is 16.3 Å². The Morgan fingerprint density at radius 2 is 1.95 bits per heavy atom. The highest BCUT2D eigenvalue weighted by atomic mass is 35.5. The van der Waals surface area contributed by atoms with Gasteiger partial charge in [0.1, 0.15) is 0 Å². The average molecular weight is 319 g/mol. The summed E-state index contributed by atoms with van der Waals surface area (Å²) in [7, 11) is 0. The number of benzene rings is 1. The van der Waals surface area contributed by atoms with Crippen molar-refractivity contribution in [2.24, 2.45) is 0 Å². The van der Waals surface area contributed by atoms with Gasteiger partial charge in [-0.2, -0.15) is 13.2 Å². The molecule has 0 radical (unpaired) electrons. The number of carbonyl (C=O) groups is 1. The molecule has 0 unspecified atom stereocenters. The molecule has 0 spiro atoms. The molecule has 0 saturated carbocycles. The summed E-state index contributed by atoms with van der Waals surface area (Å²) in [5, 5.41) is 0. The van der Waals surface area contributed by atoms with Crippen molar-refractivity contribution in [2.45, 2.75) is 23.3 Å². The van der Waals surface area contributed by atoms with Crippen LogP contribution in [0.25, 0.3) is 0 Å². The second kappa shape index (κ2) is 6.56. The first-order valence-corrected chi connectivity index (χ1v) is 6.32. The van der Waals surface area contributed by atoms with E-state index in [1.807, 2.05) is 0 Å². The van der Waals surface area contributed by atoms with Gasteiger partial charge in [0, 0.05) is 16.9 Å². The topological polar surface area (TPSA) is 17.1 Å². The Balaban J connectivity index is 3.07. The minimum Gasteiger partial charge on any atom is -0.298 e. The van der Waals surface area contributed by atoms with Crippen molar-refractivity contribution in [3.63, 3.8) is 0 Å². The number of thioether (sulfide) groups is 1. The Morgan fingerprint density at radius 3 is 2.42 bits per heavy atom. The van der Waals surface area contributed by atoms with Crippen LogP contribution in [0, 0.1) is 0 Å². The van der Waals surface area contributed by atoms with Crippen molar-refractivity contribution in [1.82, 2.24) is 0 Å². The third-order valence-electron chi connectivity index (χ3n) is 2.12. The van der Waals surface area contributed by atoms with Gasteiger partial charge in [-0.25, -0.2) is 8.78 Å². The summed E-state index contributed by atoms with van der Waals surface area (Å²) >= 11 is 4.84. The normalized spacial score (nSPS) is 11.9. The van der Waals surface area contributed by atoms with E-state index in [9.17, 15) is 26.7 Å². The van der Waals surface area contributed by atoms with Gasteiger partial charge in [0.25, 0.3) is 6.43 Å². The smallest absolute Gasteiger partial charge is 0.298 e. The lowest BCUT2D eigenvalue weighted by molar-refractivity contribution is -0.116. The van der Waals surface area contributed by atoms with Crippen LogP contribution in [0.2, 0.25) is 0 Å². The van der Waals surface area contributed by atoms with E-state index in [2.05, 4.69) is 0 Å². The summed E-state index contributed by atoms with van der Waals surface area (Å²) in [5.74, 6) is -0.906. The van der Waals surface area contributed by atoms with E-state index in [1.165, 1.54) is 0 Å². The fourth-order valence-corrected chi connectivity index (χ4v) is 2.10. The van der Waals surface area contributed by atoms with Crippen molar-refractivity contribution in [2.75, 3.05) is 5.88 Å². The van der Waals surface area contributed by atoms with Gasteiger partial charge in [0.05, 0.1) is 5.88 Å². The van der Waals surface area contributed by atoms with E-state index < -0.39 is 41.5 Å². The van der Waals surface area contributed by atoms with Crippen LogP contribution in [-0.2, 0) is 11.2 Å². The zero-order chi connectivity index (χ0) is 14.6. The average Bonchev–Trinajstić information content (AvgIpc) is 2.26. The molecule has 0 aromatic heterocycles. The van der Waals surface area contributed by atoms with Gasteiger partial charge < -0.3 is 0 Å². The summed E-state index contributed by atoms with van der Waals surface area (Å²) in [6.45, 7) is 0. The van der Waals surface area contributed by atoms with Crippen LogP contribution < -0.4 is 0 Å². The van der Waals surface area contributed by atoms with E-state index in [1.54, 1.807) is 0 Å². The number of halogens is 6. The molecule has 0 bridgehead atoms. The number of rotatable bonds is 5. The number of ketones is 1. The van der Waals surface area contributed by atoms with Crippen LogP contribution in [-0.4, -0.2) is 17.2 Å². The van der Waals surface area contributed by atoms with Gasteiger partial charge in [-0.15, -0.1) is 11.6 Å². The number of hydrogen-bond donors (Lipinski definition) is 0. The fraction of sp³-hybridized carbons (Fsp3) is 0.364. The zero-order valence-electron chi connectivity index (χ0n) is 9.31. The van der Waals surface area contributed by atoms with Gasteiger partial charge in [-0.3, -0.25) is 4.79 Å². The zero-order valence-corrected chi connectivity index (χ0v) is 10.9. The summed E-state index contributed by atoms with van der Waals surface area (Å²) < 4.78 is 61.9. The first-order valence-electron chi connectivity index (χ1n) is 4.97. The molecule has 0 amide bonds. The highest BCUT2D eigenvalue weighted by Crippen LogP contribution is 2.38. The van der Waals surface area contributed by atoms with E-state index in [4.69, 9.17) is 11.6 Å². The van der Waals surface area contributed by atoms with Crippen molar-refractivity contribution >= 4 is 29.1 Å². The molecule has 8 heteroatoms. The molecule has 0 aliphatic rings. The highest BCUT2D eigenvalue weighted by molar-refractivity contribution is 8.00. The molecular weight excluding hydrogens is 311 g/mol. The third kappa shape index (κ3) is 5.36. The lowest BCUT2D eigenvalue weighted by Gasteiger charge is -2.11. The van der Waals surface area contributed by atoms with Crippen LogP contribution in [0.5, 0.6) is 0 Å². The summed E-state index contributed by atoms with van der Waals surface area (Å²) in [5.41, 5.74) is -5.10.